The fraction of sp³-hybridized carbons (Fsp3) is 0.591. The molecule has 1 aromatic rings. The number of primary amides is 1. The number of alkyl halides is 1. The van der Waals surface area contributed by atoms with E-state index in [2.05, 4.69) is 0 Å². The van der Waals surface area contributed by atoms with E-state index in [1.54, 1.807) is 11.3 Å². The van der Waals surface area contributed by atoms with Crippen LogP contribution in [0.1, 0.15) is 51.0 Å². The molecule has 0 bridgehead atoms. The minimum Gasteiger partial charge on any atom is -0.393 e. The maximum absolute atomic E-state index is 14.3. The third kappa shape index (κ3) is 6.89. The van der Waals surface area contributed by atoms with Crippen LogP contribution in [0.2, 0.25) is 0 Å². The van der Waals surface area contributed by atoms with E-state index in [0.29, 0.717) is 19.5 Å². The molecule has 28 heavy (non-hydrogen) atoms. The Hall–Kier alpha value is -1.95. The number of nitrogens with zero attached hydrogens (tertiary/aromatic N) is 1. The number of rotatable bonds is 10. The molecule has 0 aromatic heterocycles. The third-order valence-electron chi connectivity index (χ3n) is 5.49. The van der Waals surface area contributed by atoms with Crippen molar-refractivity contribution in [2.45, 2.75) is 63.6 Å². The molecule has 0 saturated carbocycles. The van der Waals surface area contributed by atoms with Crippen molar-refractivity contribution in [1.29, 1.82) is 0 Å². The summed E-state index contributed by atoms with van der Waals surface area (Å²) in [4.78, 5) is 26.0. The van der Waals surface area contributed by atoms with Crippen molar-refractivity contribution < 1.29 is 19.1 Å². The Labute approximate surface area is 167 Å². The highest BCUT2D eigenvalue weighted by molar-refractivity contribution is 5.83. The van der Waals surface area contributed by atoms with Gasteiger partial charge in [-0.25, -0.2) is 4.39 Å². The number of carbonyl (C=O) groups is 2. The quantitative estimate of drug-likeness (QED) is 0.643. The summed E-state index contributed by atoms with van der Waals surface area (Å²) >= 11 is 0. The van der Waals surface area contributed by atoms with Crippen molar-refractivity contribution >= 4 is 11.8 Å². The van der Waals surface area contributed by atoms with Crippen molar-refractivity contribution in [2.24, 2.45) is 11.7 Å². The monoisotopic (exact) mass is 391 g/mol. The first-order chi connectivity index (χ1) is 13.3. The van der Waals surface area contributed by atoms with Crippen LogP contribution in [0.4, 0.5) is 4.39 Å². The van der Waals surface area contributed by atoms with Crippen LogP contribution in [-0.4, -0.2) is 46.7 Å². The van der Waals surface area contributed by atoms with E-state index in [-0.39, 0.29) is 25.2 Å². The van der Waals surface area contributed by atoms with Gasteiger partial charge in [0.05, 0.1) is 6.10 Å². The summed E-state index contributed by atoms with van der Waals surface area (Å²) in [7, 11) is 0. The minimum atomic E-state index is -2.15. The molecular formula is C22H32FN2O3. The maximum atomic E-state index is 14.3. The van der Waals surface area contributed by atoms with Crippen molar-refractivity contribution in [3.63, 3.8) is 0 Å². The van der Waals surface area contributed by atoms with E-state index in [4.69, 9.17) is 5.73 Å². The lowest BCUT2D eigenvalue weighted by molar-refractivity contribution is -0.139. The van der Waals surface area contributed by atoms with Gasteiger partial charge in [-0.05, 0) is 63.9 Å². The van der Waals surface area contributed by atoms with E-state index in [0.717, 1.165) is 31.7 Å². The number of likely N-dealkylation sites (tertiary alicyclic amines) is 1. The number of carbonyl (C=O) groups excluding carboxylic acids is 2. The highest BCUT2D eigenvalue weighted by atomic mass is 19.1. The zero-order valence-electron chi connectivity index (χ0n) is 16.6. The van der Waals surface area contributed by atoms with Gasteiger partial charge in [0.1, 0.15) is 0 Å². The van der Waals surface area contributed by atoms with Gasteiger partial charge in [-0.2, -0.15) is 0 Å². The number of hydrogen-bond donors (Lipinski definition) is 2. The number of aliphatic hydroxyl groups excluding tert-OH is 1. The summed E-state index contributed by atoms with van der Waals surface area (Å²) in [5.74, 6) is -1.62. The van der Waals surface area contributed by atoms with E-state index in [1.807, 2.05) is 30.3 Å². The van der Waals surface area contributed by atoms with Crippen molar-refractivity contribution in [1.82, 2.24) is 4.90 Å². The number of hydrogen-bond acceptors (Lipinski definition) is 3. The molecule has 1 aliphatic heterocycles. The molecule has 5 nitrogen and oxygen atoms in total. The molecule has 1 heterocycles. The molecule has 1 fully saturated rings. The number of benzene rings is 1. The number of aliphatic hydroxyl groups is 1. The Bertz CT molecular complexity index is 630. The van der Waals surface area contributed by atoms with E-state index in [9.17, 15) is 19.1 Å². The van der Waals surface area contributed by atoms with Crippen LogP contribution in [0.25, 0.3) is 0 Å². The van der Waals surface area contributed by atoms with Crippen LogP contribution < -0.4 is 5.73 Å². The van der Waals surface area contributed by atoms with E-state index in [1.165, 1.54) is 0 Å². The Morgan fingerprint density at radius 1 is 1.25 bits per heavy atom. The topological polar surface area (TPSA) is 83.6 Å². The fourth-order valence-electron chi connectivity index (χ4n) is 3.56. The lowest BCUT2D eigenvalue weighted by atomic mass is 9.88. The predicted molar refractivity (Wildman–Crippen MR) is 107 cm³/mol. The van der Waals surface area contributed by atoms with Gasteiger partial charge >= 0.3 is 0 Å². The Morgan fingerprint density at radius 3 is 2.50 bits per heavy atom. The summed E-state index contributed by atoms with van der Waals surface area (Å²) in [6, 6.07) is 9.75. The summed E-state index contributed by atoms with van der Waals surface area (Å²) in [5, 5.41) is 10.5. The van der Waals surface area contributed by atoms with Crippen LogP contribution in [0, 0.1) is 12.3 Å². The highest BCUT2D eigenvalue weighted by Gasteiger charge is 2.34. The van der Waals surface area contributed by atoms with Crippen LogP contribution in [-0.2, 0) is 16.0 Å². The number of amides is 2. The summed E-state index contributed by atoms with van der Waals surface area (Å²) in [5.41, 5.74) is 4.04. The average Bonchev–Trinajstić information content (AvgIpc) is 2.70. The van der Waals surface area contributed by atoms with Gasteiger partial charge in [0, 0.05) is 19.0 Å². The molecule has 0 aliphatic carbocycles. The Kier molecular flexibility index (Phi) is 8.42. The normalized spacial score (nSPS) is 18.9. The summed E-state index contributed by atoms with van der Waals surface area (Å²) in [6.45, 7) is 2.54. The van der Waals surface area contributed by atoms with Crippen molar-refractivity contribution in [2.75, 3.05) is 13.1 Å². The first kappa shape index (κ1) is 22.3. The first-order valence-electron chi connectivity index (χ1n) is 10.1. The molecule has 2 amide bonds. The molecule has 0 spiro atoms. The first-order valence-corrected chi connectivity index (χ1v) is 10.1. The van der Waals surface area contributed by atoms with Gasteiger partial charge in [0.15, 0.2) is 5.67 Å². The van der Waals surface area contributed by atoms with Gasteiger partial charge < -0.3 is 15.7 Å². The molecule has 1 unspecified atom stereocenters. The molecule has 155 valence electrons. The number of halogens is 1. The SMILES string of the molecule is CC(F)(CC[C@H](C[C@@H](O)[CH]Cc1ccccc1)C(=O)N1CCCCC1)C(N)=O. The second-order valence-electron chi connectivity index (χ2n) is 7.91. The van der Waals surface area contributed by atoms with Crippen LogP contribution in [0.3, 0.4) is 0 Å². The minimum absolute atomic E-state index is 0.0628. The number of piperidine rings is 1. The van der Waals surface area contributed by atoms with Crippen LogP contribution >= 0.6 is 0 Å². The van der Waals surface area contributed by atoms with E-state index < -0.39 is 23.6 Å². The molecule has 2 rings (SSSR count). The zero-order valence-corrected chi connectivity index (χ0v) is 16.6. The zero-order chi connectivity index (χ0) is 20.6. The highest BCUT2D eigenvalue weighted by Crippen LogP contribution is 2.26. The van der Waals surface area contributed by atoms with Gasteiger partial charge in [0.2, 0.25) is 5.91 Å². The van der Waals surface area contributed by atoms with Crippen LogP contribution in [0.5, 0.6) is 0 Å². The predicted octanol–water partition coefficient (Wildman–Crippen LogP) is 2.81. The molecule has 3 atom stereocenters. The Balaban J connectivity index is 1.97. The van der Waals surface area contributed by atoms with Crippen molar-refractivity contribution in [3.8, 4) is 0 Å². The lowest BCUT2D eigenvalue weighted by Crippen LogP contribution is -2.42. The van der Waals surface area contributed by atoms with Gasteiger partial charge in [-0.1, -0.05) is 30.3 Å². The second-order valence-corrected chi connectivity index (χ2v) is 7.91. The molecule has 1 radical (unpaired) electrons. The van der Waals surface area contributed by atoms with E-state index >= 15 is 0 Å². The third-order valence-corrected chi connectivity index (χ3v) is 5.49. The van der Waals surface area contributed by atoms with Gasteiger partial charge in [-0.3, -0.25) is 9.59 Å². The summed E-state index contributed by atoms with van der Waals surface area (Å²) < 4.78 is 14.3. The van der Waals surface area contributed by atoms with Crippen LogP contribution in [0.15, 0.2) is 30.3 Å². The second kappa shape index (κ2) is 10.6. The fourth-order valence-corrected chi connectivity index (χ4v) is 3.56. The molecule has 6 heteroatoms. The summed E-state index contributed by atoms with van der Waals surface area (Å²) in [6.07, 6.45) is 4.89. The Morgan fingerprint density at radius 2 is 1.89 bits per heavy atom. The molecular weight excluding hydrogens is 359 g/mol. The molecule has 1 aliphatic rings. The largest absolute Gasteiger partial charge is 0.393 e. The standard InChI is InChI=1S/C22H32FN2O3/c1-22(23,21(24)28)13-12-18(20(27)25-14-6-3-7-15-25)16-19(26)11-10-17-8-4-2-5-9-17/h2,4-5,8-9,11,18-19,26H,3,6-7,10,12-16H2,1H3,(H2,24,28)/t18-,19+,22?/m1/s1. The maximum Gasteiger partial charge on any atom is 0.254 e. The molecule has 3 N–H and O–H groups in total. The van der Waals surface area contributed by atoms with Crippen molar-refractivity contribution in [3.05, 3.63) is 42.3 Å². The smallest absolute Gasteiger partial charge is 0.254 e. The van der Waals surface area contributed by atoms with Gasteiger partial charge in [-0.15, -0.1) is 0 Å². The number of nitrogens with two attached hydrogens (primary N) is 1. The average molecular weight is 392 g/mol. The lowest BCUT2D eigenvalue weighted by Gasteiger charge is -2.32. The molecule has 1 aromatic carbocycles. The van der Waals surface area contributed by atoms with Gasteiger partial charge in [0.25, 0.3) is 5.91 Å². The molecule has 1 saturated heterocycles.